The van der Waals surface area contributed by atoms with Crippen molar-refractivity contribution in [3.8, 4) is 0 Å². The van der Waals surface area contributed by atoms with E-state index in [9.17, 15) is 4.79 Å². The van der Waals surface area contributed by atoms with E-state index in [-0.39, 0.29) is 30.3 Å². The molecule has 6 nitrogen and oxygen atoms in total. The first-order valence-corrected chi connectivity index (χ1v) is 9.11. The standard InChI is InChI=1S/C17H26N4O2.ClH/c18-17(9-3-4-10-17)16-19-14(23-20-16)13-8-5-11-21(13)15(22)12-6-1-2-7-12;/h12-13H,1-11,18H2;1H. The molecule has 2 aliphatic carbocycles. The number of carbonyl (C=O) groups excluding carboxylic acids is 1. The van der Waals surface area contributed by atoms with Crippen molar-refractivity contribution in [3.63, 3.8) is 0 Å². The minimum atomic E-state index is -0.430. The largest absolute Gasteiger partial charge is 0.337 e. The molecule has 7 heteroatoms. The molecule has 1 aliphatic heterocycles. The lowest BCUT2D eigenvalue weighted by Gasteiger charge is -2.25. The molecule has 3 fully saturated rings. The van der Waals surface area contributed by atoms with Crippen LogP contribution in [0.3, 0.4) is 0 Å². The summed E-state index contributed by atoms with van der Waals surface area (Å²) in [4.78, 5) is 19.4. The number of amides is 1. The maximum absolute atomic E-state index is 12.8. The van der Waals surface area contributed by atoms with E-state index in [0.717, 1.165) is 57.9 Å². The molecule has 3 aliphatic rings. The fourth-order valence-corrected chi connectivity index (χ4v) is 4.50. The summed E-state index contributed by atoms with van der Waals surface area (Å²) >= 11 is 0. The van der Waals surface area contributed by atoms with Crippen LogP contribution >= 0.6 is 12.4 Å². The molecule has 1 aromatic heterocycles. The van der Waals surface area contributed by atoms with Gasteiger partial charge in [0.05, 0.1) is 5.54 Å². The maximum Gasteiger partial charge on any atom is 0.249 e. The van der Waals surface area contributed by atoms with Gasteiger partial charge in [-0.25, -0.2) is 0 Å². The minimum absolute atomic E-state index is 0. The van der Waals surface area contributed by atoms with Crippen LogP contribution in [-0.4, -0.2) is 27.5 Å². The Morgan fingerprint density at radius 1 is 1.12 bits per heavy atom. The molecular weight excluding hydrogens is 328 g/mol. The Bertz CT molecular complexity index is 579. The van der Waals surface area contributed by atoms with Gasteiger partial charge in [0.2, 0.25) is 11.8 Å². The highest BCUT2D eigenvalue weighted by Gasteiger charge is 2.40. The van der Waals surface area contributed by atoms with Crippen LogP contribution in [0.2, 0.25) is 0 Å². The summed E-state index contributed by atoms with van der Waals surface area (Å²) in [7, 11) is 0. The number of nitrogens with two attached hydrogens (primary N) is 1. The van der Waals surface area contributed by atoms with E-state index in [2.05, 4.69) is 10.1 Å². The van der Waals surface area contributed by atoms with Gasteiger partial charge >= 0.3 is 0 Å². The van der Waals surface area contributed by atoms with E-state index >= 15 is 0 Å². The van der Waals surface area contributed by atoms with E-state index in [4.69, 9.17) is 10.3 Å². The van der Waals surface area contributed by atoms with Crippen LogP contribution < -0.4 is 5.73 Å². The molecule has 1 unspecified atom stereocenters. The van der Waals surface area contributed by atoms with Gasteiger partial charge in [-0.2, -0.15) is 4.98 Å². The first kappa shape index (κ1) is 17.7. The fourth-order valence-electron chi connectivity index (χ4n) is 4.50. The topological polar surface area (TPSA) is 85.2 Å². The smallest absolute Gasteiger partial charge is 0.249 e. The highest BCUT2D eigenvalue weighted by Crippen LogP contribution is 2.38. The third-order valence-corrected chi connectivity index (χ3v) is 5.91. The Hall–Kier alpha value is -1.14. The molecule has 2 saturated carbocycles. The van der Waals surface area contributed by atoms with E-state index in [1.165, 1.54) is 12.8 Å². The van der Waals surface area contributed by atoms with Crippen molar-refractivity contribution < 1.29 is 9.32 Å². The molecule has 1 aromatic rings. The van der Waals surface area contributed by atoms with Gasteiger partial charge in [0.15, 0.2) is 5.82 Å². The van der Waals surface area contributed by atoms with Crippen molar-refractivity contribution >= 4 is 18.3 Å². The quantitative estimate of drug-likeness (QED) is 0.901. The second-order valence-corrected chi connectivity index (χ2v) is 7.49. The average molecular weight is 355 g/mol. The van der Waals surface area contributed by atoms with Gasteiger partial charge in [-0.1, -0.05) is 30.8 Å². The average Bonchev–Trinajstić information content (AvgIpc) is 3.30. The number of rotatable bonds is 3. The molecule has 1 saturated heterocycles. The molecule has 0 bridgehead atoms. The van der Waals surface area contributed by atoms with Gasteiger partial charge in [0, 0.05) is 12.5 Å². The van der Waals surface area contributed by atoms with Gasteiger partial charge in [-0.05, 0) is 38.5 Å². The van der Waals surface area contributed by atoms with E-state index < -0.39 is 5.54 Å². The number of aromatic nitrogens is 2. The lowest BCUT2D eigenvalue weighted by molar-refractivity contribution is -0.136. The van der Waals surface area contributed by atoms with Gasteiger partial charge in [0.25, 0.3) is 0 Å². The normalized spacial score (nSPS) is 26.7. The summed E-state index contributed by atoms with van der Waals surface area (Å²) in [5, 5.41) is 4.16. The van der Waals surface area contributed by atoms with Crippen LogP contribution in [0.5, 0.6) is 0 Å². The Kier molecular flexibility index (Phi) is 5.16. The highest BCUT2D eigenvalue weighted by atomic mass is 35.5. The van der Waals surface area contributed by atoms with Crippen molar-refractivity contribution in [2.75, 3.05) is 6.54 Å². The van der Waals surface area contributed by atoms with Crippen molar-refractivity contribution in [1.82, 2.24) is 15.0 Å². The summed E-state index contributed by atoms with van der Waals surface area (Å²) in [5.41, 5.74) is 5.99. The summed E-state index contributed by atoms with van der Waals surface area (Å²) in [6.45, 7) is 0.811. The zero-order valence-electron chi connectivity index (χ0n) is 14.1. The van der Waals surface area contributed by atoms with Gasteiger partial charge in [-0.15, -0.1) is 12.4 Å². The molecule has 134 valence electrons. The first-order chi connectivity index (χ1) is 11.2. The molecule has 1 atom stereocenters. The predicted molar refractivity (Wildman–Crippen MR) is 91.5 cm³/mol. The van der Waals surface area contributed by atoms with Gasteiger partial charge < -0.3 is 15.2 Å². The molecule has 4 rings (SSSR count). The number of hydrogen-bond donors (Lipinski definition) is 1. The minimum Gasteiger partial charge on any atom is -0.337 e. The van der Waals surface area contributed by atoms with Crippen LogP contribution in [0.1, 0.15) is 82.0 Å². The number of hydrogen-bond acceptors (Lipinski definition) is 5. The van der Waals surface area contributed by atoms with Gasteiger partial charge in [0.1, 0.15) is 6.04 Å². The molecule has 0 spiro atoms. The number of likely N-dealkylation sites (tertiary alicyclic amines) is 1. The number of carbonyl (C=O) groups is 1. The second kappa shape index (κ2) is 7.00. The molecular formula is C17H27ClN4O2. The monoisotopic (exact) mass is 354 g/mol. The van der Waals surface area contributed by atoms with E-state index in [0.29, 0.717) is 11.7 Å². The summed E-state index contributed by atoms with van der Waals surface area (Å²) in [5.74, 6) is 1.70. The zero-order chi connectivity index (χ0) is 15.9. The third-order valence-electron chi connectivity index (χ3n) is 5.91. The Morgan fingerprint density at radius 2 is 1.83 bits per heavy atom. The lowest BCUT2D eigenvalue weighted by Crippen LogP contribution is -2.36. The first-order valence-electron chi connectivity index (χ1n) is 9.11. The van der Waals surface area contributed by atoms with Crippen molar-refractivity contribution in [1.29, 1.82) is 0 Å². The summed E-state index contributed by atoms with van der Waals surface area (Å²) < 4.78 is 5.53. The molecule has 2 heterocycles. The lowest BCUT2D eigenvalue weighted by atomic mass is 9.98. The molecule has 1 amide bonds. The van der Waals surface area contributed by atoms with Gasteiger partial charge in [-0.3, -0.25) is 4.79 Å². The predicted octanol–water partition coefficient (Wildman–Crippen LogP) is 3.07. The highest BCUT2D eigenvalue weighted by molar-refractivity contribution is 5.85. The Morgan fingerprint density at radius 3 is 2.54 bits per heavy atom. The molecule has 0 aromatic carbocycles. The van der Waals surface area contributed by atoms with Crippen LogP contribution in [0.25, 0.3) is 0 Å². The van der Waals surface area contributed by atoms with Crippen LogP contribution in [0.4, 0.5) is 0 Å². The molecule has 24 heavy (non-hydrogen) atoms. The van der Waals surface area contributed by atoms with E-state index in [1.807, 2.05) is 4.90 Å². The Balaban J connectivity index is 0.00000169. The number of halogens is 1. The van der Waals surface area contributed by atoms with Crippen LogP contribution in [0.15, 0.2) is 4.52 Å². The molecule has 0 radical (unpaired) electrons. The maximum atomic E-state index is 12.8. The zero-order valence-corrected chi connectivity index (χ0v) is 14.9. The van der Waals surface area contributed by atoms with Crippen molar-refractivity contribution in [2.45, 2.75) is 75.8 Å². The van der Waals surface area contributed by atoms with Crippen molar-refractivity contribution in [3.05, 3.63) is 11.7 Å². The van der Waals surface area contributed by atoms with Crippen LogP contribution in [-0.2, 0) is 10.3 Å². The summed E-state index contributed by atoms with van der Waals surface area (Å²) in [6, 6.07) is -0.0469. The van der Waals surface area contributed by atoms with E-state index in [1.54, 1.807) is 0 Å². The number of nitrogens with zero attached hydrogens (tertiary/aromatic N) is 3. The molecule has 2 N–H and O–H groups in total. The van der Waals surface area contributed by atoms with Crippen molar-refractivity contribution in [2.24, 2.45) is 11.7 Å². The SMILES string of the molecule is Cl.NC1(c2noc(C3CCCN3C(=O)C3CCCC3)n2)CCCC1. The Labute approximate surface area is 148 Å². The second-order valence-electron chi connectivity index (χ2n) is 7.49. The van der Waals surface area contributed by atoms with Crippen LogP contribution in [0, 0.1) is 5.92 Å². The third kappa shape index (κ3) is 3.06. The fraction of sp³-hybridized carbons (Fsp3) is 0.824. The summed E-state index contributed by atoms with van der Waals surface area (Å²) in [6.07, 6.45) is 10.4.